The first-order valence-electron chi connectivity index (χ1n) is 8.11. The maximum Gasteiger partial charge on any atom is 0.221 e. The van der Waals surface area contributed by atoms with Crippen LogP contribution >= 0.6 is 12.4 Å². The molecule has 6 heteroatoms. The molecule has 25 heavy (non-hydrogen) atoms. The van der Waals surface area contributed by atoms with Gasteiger partial charge in [0.1, 0.15) is 11.6 Å². The van der Waals surface area contributed by atoms with E-state index >= 15 is 0 Å². The summed E-state index contributed by atoms with van der Waals surface area (Å²) in [5.74, 6) is 0.318. The summed E-state index contributed by atoms with van der Waals surface area (Å²) in [6.07, 6.45) is 1.89. The third-order valence-electron chi connectivity index (χ3n) is 3.61. The fraction of sp³-hybridized carbons (Fsp3) is 0.316. The number of benzene rings is 2. The van der Waals surface area contributed by atoms with Crippen LogP contribution in [0.5, 0.6) is 5.75 Å². The highest BCUT2D eigenvalue weighted by Crippen LogP contribution is 2.13. The van der Waals surface area contributed by atoms with Gasteiger partial charge in [0, 0.05) is 19.0 Å². The van der Waals surface area contributed by atoms with E-state index in [9.17, 15) is 9.18 Å². The molecule has 1 unspecified atom stereocenters. The predicted octanol–water partition coefficient (Wildman–Crippen LogP) is 3.61. The lowest BCUT2D eigenvalue weighted by Gasteiger charge is -2.12. The fourth-order valence-electron chi connectivity index (χ4n) is 2.27. The van der Waals surface area contributed by atoms with Crippen molar-refractivity contribution in [3.05, 3.63) is 66.0 Å². The molecule has 1 atom stereocenters. The van der Waals surface area contributed by atoms with E-state index in [0.717, 1.165) is 18.4 Å². The number of nitrogens with one attached hydrogen (secondary N) is 1. The Morgan fingerprint density at radius 2 is 1.76 bits per heavy atom. The SMILES string of the molecule is Cl.NC(CC(=O)NCCCCOc1ccc(F)cc1)c1ccccc1. The molecular formula is C19H24ClFN2O2. The van der Waals surface area contributed by atoms with Crippen LogP contribution in [0.1, 0.15) is 30.9 Å². The van der Waals surface area contributed by atoms with Crippen molar-refractivity contribution < 1.29 is 13.9 Å². The smallest absolute Gasteiger partial charge is 0.221 e. The van der Waals surface area contributed by atoms with E-state index in [-0.39, 0.29) is 36.6 Å². The third kappa shape index (κ3) is 8.01. The molecule has 2 aromatic rings. The average molecular weight is 367 g/mol. The number of amides is 1. The first-order chi connectivity index (χ1) is 11.6. The van der Waals surface area contributed by atoms with Crippen LogP contribution in [0.3, 0.4) is 0 Å². The Bertz CT molecular complexity index is 623. The third-order valence-corrected chi connectivity index (χ3v) is 3.61. The number of hydrogen-bond donors (Lipinski definition) is 2. The van der Waals surface area contributed by atoms with Crippen molar-refractivity contribution in [3.63, 3.8) is 0 Å². The number of carbonyl (C=O) groups excluding carboxylic acids is 1. The molecule has 1 amide bonds. The Morgan fingerprint density at radius 3 is 2.44 bits per heavy atom. The zero-order chi connectivity index (χ0) is 17.2. The Kier molecular flexibility index (Phi) is 9.58. The number of ether oxygens (including phenoxy) is 1. The second-order valence-electron chi connectivity index (χ2n) is 5.58. The minimum atomic E-state index is -0.284. The van der Waals surface area contributed by atoms with E-state index in [2.05, 4.69) is 5.32 Å². The molecule has 0 saturated carbocycles. The van der Waals surface area contributed by atoms with Gasteiger partial charge >= 0.3 is 0 Å². The zero-order valence-corrected chi connectivity index (χ0v) is 14.8. The second-order valence-corrected chi connectivity index (χ2v) is 5.58. The molecule has 0 aromatic heterocycles. The van der Waals surface area contributed by atoms with Gasteiger partial charge in [-0.25, -0.2) is 4.39 Å². The van der Waals surface area contributed by atoms with Crippen molar-refractivity contribution in [1.82, 2.24) is 5.32 Å². The van der Waals surface area contributed by atoms with Crippen molar-refractivity contribution in [1.29, 1.82) is 0 Å². The van der Waals surface area contributed by atoms with Gasteiger partial charge in [0.2, 0.25) is 5.91 Å². The summed E-state index contributed by atoms with van der Waals surface area (Å²) in [6, 6.07) is 15.2. The Balaban J connectivity index is 0.00000312. The summed E-state index contributed by atoms with van der Waals surface area (Å²) in [5.41, 5.74) is 6.97. The highest BCUT2D eigenvalue weighted by atomic mass is 35.5. The van der Waals surface area contributed by atoms with E-state index < -0.39 is 0 Å². The van der Waals surface area contributed by atoms with Gasteiger partial charge < -0.3 is 15.8 Å². The molecule has 2 aromatic carbocycles. The lowest BCUT2D eigenvalue weighted by Crippen LogP contribution is -2.28. The topological polar surface area (TPSA) is 64.4 Å². The van der Waals surface area contributed by atoms with Gasteiger partial charge in [-0.15, -0.1) is 12.4 Å². The fourth-order valence-corrected chi connectivity index (χ4v) is 2.27. The molecule has 0 radical (unpaired) electrons. The predicted molar refractivity (Wildman–Crippen MR) is 99.4 cm³/mol. The molecule has 0 heterocycles. The number of unbranched alkanes of at least 4 members (excludes halogenated alkanes) is 1. The van der Waals surface area contributed by atoms with Crippen molar-refractivity contribution in [2.45, 2.75) is 25.3 Å². The average Bonchev–Trinajstić information content (AvgIpc) is 2.60. The minimum absolute atomic E-state index is 0. The molecule has 0 aliphatic rings. The van der Waals surface area contributed by atoms with Crippen LogP contribution in [-0.2, 0) is 4.79 Å². The molecule has 0 aliphatic heterocycles. The van der Waals surface area contributed by atoms with Gasteiger partial charge in [-0.3, -0.25) is 4.79 Å². The van der Waals surface area contributed by atoms with Crippen LogP contribution in [0.15, 0.2) is 54.6 Å². The molecule has 4 nitrogen and oxygen atoms in total. The first kappa shape index (κ1) is 20.9. The van der Waals surface area contributed by atoms with Crippen molar-refractivity contribution >= 4 is 18.3 Å². The quantitative estimate of drug-likeness (QED) is 0.666. The van der Waals surface area contributed by atoms with Gasteiger partial charge in [-0.1, -0.05) is 30.3 Å². The number of rotatable bonds is 9. The number of halogens is 2. The molecule has 3 N–H and O–H groups in total. The van der Waals surface area contributed by atoms with Crippen molar-refractivity contribution in [2.75, 3.05) is 13.2 Å². The van der Waals surface area contributed by atoms with Gasteiger partial charge in [0.15, 0.2) is 0 Å². The molecular weight excluding hydrogens is 343 g/mol. The van der Waals surface area contributed by atoms with Crippen LogP contribution in [0.4, 0.5) is 4.39 Å². The summed E-state index contributed by atoms with van der Waals surface area (Å²) < 4.78 is 18.2. The number of nitrogens with two attached hydrogens (primary N) is 1. The molecule has 0 bridgehead atoms. The minimum Gasteiger partial charge on any atom is -0.494 e. The van der Waals surface area contributed by atoms with E-state index in [4.69, 9.17) is 10.5 Å². The van der Waals surface area contributed by atoms with E-state index in [1.807, 2.05) is 30.3 Å². The zero-order valence-electron chi connectivity index (χ0n) is 14.0. The summed E-state index contributed by atoms with van der Waals surface area (Å²) >= 11 is 0. The number of carbonyl (C=O) groups is 1. The highest BCUT2D eigenvalue weighted by molar-refractivity contribution is 5.85. The van der Waals surface area contributed by atoms with Crippen LogP contribution < -0.4 is 15.8 Å². The van der Waals surface area contributed by atoms with Crippen molar-refractivity contribution in [3.8, 4) is 5.75 Å². The van der Waals surface area contributed by atoms with Gasteiger partial charge in [-0.2, -0.15) is 0 Å². The standard InChI is InChI=1S/C19H23FN2O2.ClH/c20-16-8-10-17(11-9-16)24-13-5-4-12-22-19(23)14-18(21)15-6-2-1-3-7-15;/h1-3,6-11,18H,4-5,12-14,21H2,(H,22,23);1H. The normalized spacial score (nSPS) is 11.3. The van der Waals surface area contributed by atoms with Crippen molar-refractivity contribution in [2.24, 2.45) is 5.73 Å². The maximum atomic E-state index is 12.7. The maximum absolute atomic E-state index is 12.7. The summed E-state index contributed by atoms with van der Waals surface area (Å²) in [4.78, 5) is 11.9. The van der Waals surface area contributed by atoms with Gasteiger partial charge in [-0.05, 0) is 42.7 Å². The van der Waals surface area contributed by atoms with E-state index in [0.29, 0.717) is 18.9 Å². The molecule has 2 rings (SSSR count). The summed E-state index contributed by atoms with van der Waals surface area (Å²) in [5, 5.41) is 2.87. The lowest BCUT2D eigenvalue weighted by molar-refractivity contribution is -0.121. The molecule has 0 spiro atoms. The largest absolute Gasteiger partial charge is 0.494 e. The Hall–Kier alpha value is -2.11. The van der Waals surface area contributed by atoms with Gasteiger partial charge in [0.25, 0.3) is 0 Å². The molecule has 0 fully saturated rings. The van der Waals surface area contributed by atoms with Gasteiger partial charge in [0.05, 0.1) is 6.61 Å². The van der Waals surface area contributed by atoms with E-state index in [1.54, 1.807) is 12.1 Å². The second kappa shape index (κ2) is 11.4. The molecule has 0 saturated heterocycles. The van der Waals surface area contributed by atoms with Crippen LogP contribution in [0, 0.1) is 5.82 Å². The highest BCUT2D eigenvalue weighted by Gasteiger charge is 2.10. The monoisotopic (exact) mass is 366 g/mol. The number of hydrogen-bond acceptors (Lipinski definition) is 3. The Labute approximate surface area is 154 Å². The lowest BCUT2D eigenvalue weighted by atomic mass is 10.0. The first-order valence-corrected chi connectivity index (χ1v) is 8.11. The van der Waals surface area contributed by atoms with Crippen LogP contribution in [-0.4, -0.2) is 19.1 Å². The summed E-state index contributed by atoms with van der Waals surface area (Å²) in [7, 11) is 0. The molecule has 0 aliphatic carbocycles. The Morgan fingerprint density at radius 1 is 1.08 bits per heavy atom. The summed E-state index contributed by atoms with van der Waals surface area (Å²) in [6.45, 7) is 1.12. The van der Waals surface area contributed by atoms with E-state index in [1.165, 1.54) is 12.1 Å². The van der Waals surface area contributed by atoms with Crippen LogP contribution in [0.2, 0.25) is 0 Å². The molecule has 136 valence electrons. The van der Waals surface area contributed by atoms with Crippen LogP contribution in [0.25, 0.3) is 0 Å².